The molecule has 2 amide bonds. The number of anilines is 1. The van der Waals surface area contributed by atoms with Crippen LogP contribution in [0.25, 0.3) is 0 Å². The number of nitrogens with one attached hydrogen (secondary N) is 2. The molecule has 0 saturated heterocycles. The molecule has 2 aromatic rings. The topological polar surface area (TPSA) is 89.0 Å². The average molecular weight is 476 g/mol. The first-order valence-electron chi connectivity index (χ1n) is 9.51. The highest BCUT2D eigenvalue weighted by molar-refractivity contribution is 9.10. The summed E-state index contributed by atoms with van der Waals surface area (Å²) in [6, 6.07) is 11.0. The smallest absolute Gasteiger partial charge is 0.240 e. The minimum Gasteiger partial charge on any atom is -0.493 e. The second-order valence-electron chi connectivity index (χ2n) is 6.91. The van der Waals surface area contributed by atoms with E-state index in [1.807, 2.05) is 51.1 Å². The van der Waals surface area contributed by atoms with Gasteiger partial charge < -0.3 is 14.8 Å². The summed E-state index contributed by atoms with van der Waals surface area (Å²) in [5.74, 6) is 0.579. The van der Waals surface area contributed by atoms with Crippen molar-refractivity contribution in [3.8, 4) is 11.5 Å². The lowest BCUT2D eigenvalue weighted by atomic mass is 10.2. The van der Waals surface area contributed by atoms with Gasteiger partial charge in [-0.25, -0.2) is 5.43 Å². The molecular weight excluding hydrogens is 450 g/mol. The van der Waals surface area contributed by atoms with Crippen LogP contribution in [-0.4, -0.2) is 31.2 Å². The predicted molar refractivity (Wildman–Crippen MR) is 121 cm³/mol. The van der Waals surface area contributed by atoms with Crippen LogP contribution < -0.4 is 20.2 Å². The van der Waals surface area contributed by atoms with Crippen molar-refractivity contribution < 1.29 is 19.1 Å². The van der Waals surface area contributed by atoms with Crippen LogP contribution in [0.2, 0.25) is 0 Å². The normalized spacial score (nSPS) is 10.9. The maximum absolute atomic E-state index is 12.0. The molecule has 160 valence electrons. The van der Waals surface area contributed by atoms with Gasteiger partial charge in [0.15, 0.2) is 11.5 Å². The molecule has 0 spiro atoms. The Morgan fingerprint density at radius 3 is 2.43 bits per heavy atom. The van der Waals surface area contributed by atoms with E-state index in [1.54, 1.807) is 13.2 Å². The highest BCUT2D eigenvalue weighted by Crippen LogP contribution is 2.36. The summed E-state index contributed by atoms with van der Waals surface area (Å²) >= 11 is 3.46. The molecule has 0 saturated carbocycles. The van der Waals surface area contributed by atoms with E-state index in [4.69, 9.17) is 9.47 Å². The van der Waals surface area contributed by atoms with Gasteiger partial charge in [0, 0.05) is 18.5 Å². The molecule has 0 bridgehead atoms. The van der Waals surface area contributed by atoms with Crippen molar-refractivity contribution in [3.63, 3.8) is 0 Å². The molecule has 0 atom stereocenters. The number of carbonyl (C=O) groups is 2. The molecule has 2 N–H and O–H groups in total. The number of rotatable bonds is 9. The number of hydrogen-bond donors (Lipinski definition) is 2. The van der Waals surface area contributed by atoms with Gasteiger partial charge in [-0.1, -0.05) is 17.7 Å². The lowest BCUT2D eigenvalue weighted by Gasteiger charge is -2.15. The summed E-state index contributed by atoms with van der Waals surface area (Å²) in [4.78, 5) is 23.9. The van der Waals surface area contributed by atoms with E-state index in [0.29, 0.717) is 22.7 Å². The van der Waals surface area contributed by atoms with Gasteiger partial charge in [-0.3, -0.25) is 9.59 Å². The van der Waals surface area contributed by atoms with Gasteiger partial charge in [-0.15, -0.1) is 0 Å². The highest BCUT2D eigenvalue weighted by Gasteiger charge is 2.12. The van der Waals surface area contributed by atoms with Gasteiger partial charge in [0.25, 0.3) is 0 Å². The first kappa shape index (κ1) is 23.4. The number of hydrogen-bond acceptors (Lipinski definition) is 5. The van der Waals surface area contributed by atoms with E-state index in [9.17, 15) is 9.59 Å². The van der Waals surface area contributed by atoms with Crippen LogP contribution in [0.4, 0.5) is 5.69 Å². The largest absolute Gasteiger partial charge is 0.493 e. The Hall–Kier alpha value is -2.87. The van der Waals surface area contributed by atoms with Gasteiger partial charge in [-0.05, 0) is 66.5 Å². The molecule has 2 rings (SSSR count). The summed E-state index contributed by atoms with van der Waals surface area (Å²) in [6.45, 7) is 5.83. The number of carbonyl (C=O) groups excluding carboxylic acids is 2. The van der Waals surface area contributed by atoms with Crippen LogP contribution in [0.1, 0.15) is 37.8 Å². The maximum Gasteiger partial charge on any atom is 0.240 e. The quantitative estimate of drug-likeness (QED) is 0.414. The number of methoxy groups -OCH3 is 1. The summed E-state index contributed by atoms with van der Waals surface area (Å²) in [7, 11) is 1.55. The fraction of sp³-hybridized carbons (Fsp3) is 0.318. The molecule has 0 radical (unpaired) electrons. The van der Waals surface area contributed by atoms with E-state index in [1.165, 1.54) is 6.21 Å². The Morgan fingerprint density at radius 2 is 1.80 bits per heavy atom. The fourth-order valence-corrected chi connectivity index (χ4v) is 3.04. The molecule has 0 fully saturated rings. The van der Waals surface area contributed by atoms with Crippen LogP contribution >= 0.6 is 15.9 Å². The van der Waals surface area contributed by atoms with Crippen molar-refractivity contribution in [2.24, 2.45) is 5.10 Å². The molecule has 0 aliphatic carbocycles. The lowest BCUT2D eigenvalue weighted by Crippen LogP contribution is -2.20. The highest BCUT2D eigenvalue weighted by atomic mass is 79.9. The summed E-state index contributed by atoms with van der Waals surface area (Å²) in [5, 5.41) is 6.70. The first-order chi connectivity index (χ1) is 14.3. The van der Waals surface area contributed by atoms with E-state index < -0.39 is 0 Å². The van der Waals surface area contributed by atoms with Crippen molar-refractivity contribution in [1.29, 1.82) is 0 Å². The zero-order valence-corrected chi connectivity index (χ0v) is 19.1. The van der Waals surface area contributed by atoms with Crippen LogP contribution in [0.3, 0.4) is 0 Å². The number of amides is 2. The van der Waals surface area contributed by atoms with Crippen LogP contribution in [0, 0.1) is 6.92 Å². The standard InChI is InChI=1S/C22H26BrN3O4/c1-14(2)30-22-18(23)11-16(12-19(22)29-4)13-24-26-21(28)10-9-20(27)25-17-7-5-15(3)6-8-17/h5-8,11-14H,9-10H2,1-4H3,(H,25,27)(H,26,28). The third-order valence-electron chi connectivity index (χ3n) is 3.92. The summed E-state index contributed by atoms with van der Waals surface area (Å²) in [5.41, 5.74) is 4.95. The minimum absolute atomic E-state index is 0.00258. The average Bonchev–Trinajstić information content (AvgIpc) is 2.69. The lowest BCUT2D eigenvalue weighted by molar-refractivity contribution is -0.124. The minimum atomic E-state index is -0.351. The SMILES string of the molecule is COc1cc(C=NNC(=O)CCC(=O)Nc2ccc(C)cc2)cc(Br)c1OC(C)C. The van der Waals surface area contributed by atoms with Crippen LogP contribution in [0.15, 0.2) is 46.0 Å². The molecular formula is C22H26BrN3O4. The number of ether oxygens (including phenoxy) is 2. The number of halogens is 1. The van der Waals surface area contributed by atoms with Gasteiger partial charge in [-0.2, -0.15) is 5.10 Å². The molecule has 0 unspecified atom stereocenters. The maximum atomic E-state index is 12.0. The molecule has 0 heterocycles. The van der Waals surface area contributed by atoms with Gasteiger partial charge in [0.1, 0.15) is 0 Å². The van der Waals surface area contributed by atoms with Gasteiger partial charge in [0.2, 0.25) is 11.8 Å². The molecule has 0 aliphatic rings. The third kappa shape index (κ3) is 7.51. The molecule has 30 heavy (non-hydrogen) atoms. The Labute approximate surface area is 185 Å². The Bertz CT molecular complexity index is 911. The van der Waals surface area contributed by atoms with Crippen molar-refractivity contribution in [2.75, 3.05) is 12.4 Å². The zero-order chi connectivity index (χ0) is 22.1. The second kappa shape index (κ2) is 11.3. The third-order valence-corrected chi connectivity index (χ3v) is 4.51. The first-order valence-corrected chi connectivity index (χ1v) is 10.3. The number of hydrazone groups is 1. The van der Waals surface area contributed by atoms with Crippen LogP contribution in [-0.2, 0) is 9.59 Å². The van der Waals surface area contributed by atoms with Gasteiger partial charge >= 0.3 is 0 Å². The number of benzene rings is 2. The molecule has 8 heteroatoms. The van der Waals surface area contributed by atoms with E-state index in [-0.39, 0.29) is 30.8 Å². The van der Waals surface area contributed by atoms with E-state index >= 15 is 0 Å². The molecule has 7 nitrogen and oxygen atoms in total. The summed E-state index contributed by atoms with van der Waals surface area (Å²) in [6.07, 6.45) is 1.59. The van der Waals surface area contributed by atoms with E-state index in [0.717, 1.165) is 10.0 Å². The number of aryl methyl sites for hydroxylation is 1. The van der Waals surface area contributed by atoms with Crippen molar-refractivity contribution in [3.05, 3.63) is 52.0 Å². The Balaban J connectivity index is 1.85. The predicted octanol–water partition coefficient (Wildman–Crippen LogP) is 4.42. The van der Waals surface area contributed by atoms with E-state index in [2.05, 4.69) is 31.8 Å². The fourth-order valence-electron chi connectivity index (χ4n) is 2.49. The molecule has 0 aliphatic heterocycles. The number of nitrogens with zero attached hydrogens (tertiary/aromatic N) is 1. The summed E-state index contributed by atoms with van der Waals surface area (Å²) < 4.78 is 11.8. The van der Waals surface area contributed by atoms with Crippen molar-refractivity contribution in [1.82, 2.24) is 5.43 Å². The monoisotopic (exact) mass is 475 g/mol. The molecule has 0 aromatic heterocycles. The van der Waals surface area contributed by atoms with Crippen molar-refractivity contribution in [2.45, 2.75) is 39.7 Å². The second-order valence-corrected chi connectivity index (χ2v) is 7.76. The van der Waals surface area contributed by atoms with Crippen LogP contribution in [0.5, 0.6) is 11.5 Å². The van der Waals surface area contributed by atoms with Gasteiger partial charge in [0.05, 0.1) is 23.9 Å². The Kier molecular flexibility index (Phi) is 8.86. The Morgan fingerprint density at radius 1 is 1.13 bits per heavy atom. The zero-order valence-electron chi connectivity index (χ0n) is 17.5. The van der Waals surface area contributed by atoms with Crippen molar-refractivity contribution >= 4 is 39.6 Å². The molecule has 2 aromatic carbocycles.